The maximum absolute atomic E-state index is 12.9. The number of alkyl halides is 6. The van der Waals surface area contributed by atoms with Crippen LogP contribution in [0.2, 0.25) is 0 Å². The minimum Gasteiger partial charge on any atom is -0.352 e. The minimum absolute atomic E-state index is 0.0889. The molecule has 0 atom stereocenters. The molecule has 2 heterocycles. The zero-order valence-corrected chi connectivity index (χ0v) is 16.7. The van der Waals surface area contributed by atoms with Gasteiger partial charge in [-0.2, -0.15) is 26.3 Å². The van der Waals surface area contributed by atoms with Crippen LogP contribution in [0.15, 0.2) is 41.7 Å². The molecule has 0 bridgehead atoms. The number of halogens is 6. The van der Waals surface area contributed by atoms with E-state index in [0.29, 0.717) is 12.1 Å². The number of hydrogen-bond donors (Lipinski definition) is 2. The van der Waals surface area contributed by atoms with Gasteiger partial charge < -0.3 is 5.32 Å². The van der Waals surface area contributed by atoms with Crippen LogP contribution < -0.4 is 5.32 Å². The van der Waals surface area contributed by atoms with Gasteiger partial charge in [0.1, 0.15) is 11.4 Å². The average Bonchev–Trinajstić information content (AvgIpc) is 2.65. The van der Waals surface area contributed by atoms with E-state index in [2.05, 4.69) is 20.3 Å². The second-order valence-corrected chi connectivity index (χ2v) is 6.84. The van der Waals surface area contributed by atoms with E-state index >= 15 is 0 Å². The lowest BCUT2D eigenvalue weighted by atomic mass is 9.96. The average molecular weight is 443 g/mol. The lowest BCUT2D eigenvalue weighted by molar-refractivity contribution is -0.150. The molecule has 2 N–H and O–H groups in total. The highest BCUT2D eigenvalue weighted by molar-refractivity contribution is 6.00. The monoisotopic (exact) mass is 443 g/mol. The van der Waals surface area contributed by atoms with Crippen molar-refractivity contribution in [3.63, 3.8) is 0 Å². The van der Waals surface area contributed by atoms with Crippen molar-refractivity contribution < 1.29 is 26.3 Å². The largest absolute Gasteiger partial charge is 0.433 e. The Labute approximate surface area is 174 Å². The highest BCUT2D eigenvalue weighted by Gasteiger charge is 2.39. The number of aryl methyl sites for hydroxylation is 1. The molecule has 31 heavy (non-hydrogen) atoms. The summed E-state index contributed by atoms with van der Waals surface area (Å²) in [6.45, 7) is 5.71. The molecule has 0 spiro atoms. The number of aliphatic imine (C=N–C) groups is 1. The van der Waals surface area contributed by atoms with Crippen LogP contribution in [0.1, 0.15) is 42.1 Å². The van der Waals surface area contributed by atoms with Gasteiger partial charge in [0.25, 0.3) is 0 Å². The van der Waals surface area contributed by atoms with E-state index in [4.69, 9.17) is 5.41 Å². The van der Waals surface area contributed by atoms with Gasteiger partial charge in [0.2, 0.25) is 0 Å². The summed E-state index contributed by atoms with van der Waals surface area (Å²) < 4.78 is 77.4. The summed E-state index contributed by atoms with van der Waals surface area (Å²) >= 11 is 0. The number of rotatable bonds is 5. The fraction of sp³-hybridized carbons (Fsp3) is 0.300. The fourth-order valence-electron chi connectivity index (χ4n) is 2.57. The normalized spacial score (nSPS) is 13.2. The van der Waals surface area contributed by atoms with Gasteiger partial charge in [-0.1, -0.05) is 13.8 Å². The molecular formula is C20H19F6N5. The first-order valence-corrected chi connectivity index (χ1v) is 8.96. The number of amidine groups is 1. The Hall–Kier alpha value is -3.24. The number of nitrogens with one attached hydrogen (secondary N) is 2. The highest BCUT2D eigenvalue weighted by Crippen LogP contribution is 2.33. The van der Waals surface area contributed by atoms with Crippen LogP contribution in [-0.4, -0.2) is 22.1 Å². The van der Waals surface area contributed by atoms with Gasteiger partial charge in [-0.3, -0.25) is 10.4 Å². The van der Waals surface area contributed by atoms with E-state index in [-0.39, 0.29) is 5.92 Å². The Bertz CT molecular complexity index is 974. The van der Waals surface area contributed by atoms with E-state index in [1.165, 1.54) is 0 Å². The van der Waals surface area contributed by atoms with Crippen molar-refractivity contribution in [3.8, 4) is 0 Å². The molecule has 166 valence electrons. The van der Waals surface area contributed by atoms with Gasteiger partial charge in [-0.15, -0.1) is 0 Å². The zero-order chi connectivity index (χ0) is 23.4. The van der Waals surface area contributed by atoms with Crippen molar-refractivity contribution in [2.45, 2.75) is 33.1 Å². The Morgan fingerprint density at radius 3 is 2.10 bits per heavy atom. The number of allylic oxidation sites excluding steroid dienone is 1. The summed E-state index contributed by atoms with van der Waals surface area (Å²) in [6, 6.07) is 4.36. The fourth-order valence-corrected chi connectivity index (χ4v) is 2.57. The lowest BCUT2D eigenvalue weighted by Gasteiger charge is -2.13. The number of hydrogen-bond acceptors (Lipinski definition) is 3. The van der Waals surface area contributed by atoms with Crippen molar-refractivity contribution in [1.29, 1.82) is 5.41 Å². The Kier molecular flexibility index (Phi) is 7.19. The summed E-state index contributed by atoms with van der Waals surface area (Å²) in [5.74, 6) is -0.698. The minimum atomic E-state index is -5.10. The SMILES string of the molecule is Cc1cc(/C(=C\N/C=N\C(=N)c2cc(C(F)(F)F)nc(C(F)(F)F)c2)C(C)C)ccn1. The molecule has 0 radical (unpaired) electrons. The predicted octanol–water partition coefficient (Wildman–Crippen LogP) is 5.46. The highest BCUT2D eigenvalue weighted by atomic mass is 19.4. The summed E-state index contributed by atoms with van der Waals surface area (Å²) in [5.41, 5.74) is -1.60. The molecular weight excluding hydrogens is 424 g/mol. The van der Waals surface area contributed by atoms with Crippen LogP contribution in [0.25, 0.3) is 5.57 Å². The summed E-state index contributed by atoms with van der Waals surface area (Å²) in [4.78, 5) is 10.3. The van der Waals surface area contributed by atoms with Gasteiger partial charge in [-0.05, 0) is 48.2 Å². The molecule has 2 aromatic rings. The predicted molar refractivity (Wildman–Crippen MR) is 104 cm³/mol. The summed E-state index contributed by atoms with van der Waals surface area (Å²) in [6.07, 6.45) is -5.96. The Morgan fingerprint density at radius 1 is 1.03 bits per heavy atom. The van der Waals surface area contributed by atoms with E-state index in [0.717, 1.165) is 23.2 Å². The van der Waals surface area contributed by atoms with Crippen LogP contribution >= 0.6 is 0 Å². The van der Waals surface area contributed by atoms with Crippen molar-refractivity contribution in [1.82, 2.24) is 15.3 Å². The van der Waals surface area contributed by atoms with Crippen LogP contribution in [0, 0.1) is 18.3 Å². The second kappa shape index (κ2) is 9.27. The van der Waals surface area contributed by atoms with Crippen LogP contribution in [0.4, 0.5) is 26.3 Å². The molecule has 0 fully saturated rings. The van der Waals surface area contributed by atoms with Gasteiger partial charge in [0.15, 0.2) is 5.84 Å². The van der Waals surface area contributed by atoms with E-state index in [1.54, 1.807) is 18.5 Å². The molecule has 0 amide bonds. The molecule has 0 aliphatic rings. The van der Waals surface area contributed by atoms with Gasteiger partial charge in [-0.25, -0.2) is 9.98 Å². The number of nitrogens with zero attached hydrogens (tertiary/aromatic N) is 3. The van der Waals surface area contributed by atoms with Gasteiger partial charge >= 0.3 is 12.4 Å². The number of pyridine rings is 2. The first-order chi connectivity index (χ1) is 14.3. The van der Waals surface area contributed by atoms with Gasteiger partial charge in [0, 0.05) is 23.7 Å². The Morgan fingerprint density at radius 2 is 1.61 bits per heavy atom. The molecule has 0 aromatic carbocycles. The third-order valence-electron chi connectivity index (χ3n) is 4.04. The molecule has 0 unspecified atom stereocenters. The van der Waals surface area contributed by atoms with Crippen LogP contribution in [0.5, 0.6) is 0 Å². The molecule has 0 saturated heterocycles. The standard InChI is InChI=1S/C20H19F6N5/c1-11(2)15(13-4-5-29-12(3)6-13)9-28-10-30-18(27)14-7-16(19(21,22)23)31-17(8-14)20(24,25)26/h4-11H,1-3H3,(H2,27,28,30)/b15-9-. The quantitative estimate of drug-likeness (QED) is 0.366. The van der Waals surface area contributed by atoms with Crippen molar-refractivity contribution >= 4 is 17.7 Å². The smallest absolute Gasteiger partial charge is 0.352 e. The summed E-state index contributed by atoms with van der Waals surface area (Å²) in [5, 5.41) is 10.5. The number of aromatic nitrogens is 2. The van der Waals surface area contributed by atoms with E-state index in [9.17, 15) is 26.3 Å². The van der Waals surface area contributed by atoms with Crippen LogP contribution in [-0.2, 0) is 12.4 Å². The molecule has 2 aromatic heterocycles. The van der Waals surface area contributed by atoms with Crippen molar-refractivity contribution in [2.75, 3.05) is 0 Å². The molecule has 0 aliphatic heterocycles. The third kappa shape index (κ3) is 6.63. The first kappa shape index (κ1) is 24.0. The maximum Gasteiger partial charge on any atom is 0.433 e. The van der Waals surface area contributed by atoms with Crippen molar-refractivity contribution in [2.24, 2.45) is 10.9 Å². The second-order valence-electron chi connectivity index (χ2n) is 6.84. The van der Waals surface area contributed by atoms with Crippen molar-refractivity contribution in [3.05, 3.63) is 64.9 Å². The van der Waals surface area contributed by atoms with E-state index < -0.39 is 35.1 Å². The molecule has 0 saturated carbocycles. The molecule has 2 rings (SSSR count). The summed E-state index contributed by atoms with van der Waals surface area (Å²) in [7, 11) is 0. The van der Waals surface area contributed by atoms with Gasteiger partial charge in [0.05, 0.1) is 6.34 Å². The first-order valence-electron chi connectivity index (χ1n) is 8.96. The maximum atomic E-state index is 12.9. The third-order valence-corrected chi connectivity index (χ3v) is 4.04. The molecule has 11 heteroatoms. The molecule has 0 aliphatic carbocycles. The Balaban J connectivity index is 2.27. The van der Waals surface area contributed by atoms with Crippen LogP contribution in [0.3, 0.4) is 0 Å². The zero-order valence-electron chi connectivity index (χ0n) is 16.7. The van der Waals surface area contributed by atoms with E-state index in [1.807, 2.05) is 26.8 Å². The lowest BCUT2D eigenvalue weighted by Crippen LogP contribution is -2.17. The molecule has 5 nitrogen and oxygen atoms in total. The topological polar surface area (TPSA) is 74.0 Å².